The average molecular weight is 546 g/mol. The Bertz CT molecular complexity index is 1620. The summed E-state index contributed by atoms with van der Waals surface area (Å²) in [4.78, 5) is 21.5. The molecule has 2 aromatic heterocycles. The number of alkyl halides is 3. The van der Waals surface area contributed by atoms with Crippen molar-refractivity contribution in [3.8, 4) is 11.8 Å². The van der Waals surface area contributed by atoms with E-state index in [1.807, 2.05) is 42.7 Å². The number of nitrogens with zero attached hydrogens (tertiary/aromatic N) is 4. The normalized spacial score (nSPS) is 14.7. The third kappa shape index (κ3) is 6.03. The van der Waals surface area contributed by atoms with E-state index in [1.165, 1.54) is 12.1 Å². The number of amides is 1. The third-order valence-electron chi connectivity index (χ3n) is 7.31. The predicted molar refractivity (Wildman–Crippen MR) is 150 cm³/mol. The maximum absolute atomic E-state index is 14.0. The Morgan fingerprint density at radius 2 is 1.73 bits per heavy atom. The molecule has 1 fully saturated rings. The Hall–Kier alpha value is -4.13. The molecule has 0 bridgehead atoms. The number of likely N-dealkylation sites (N-methyl/N-ethyl adjacent to an activating group) is 1. The van der Waals surface area contributed by atoms with Gasteiger partial charge in [0.15, 0.2) is 0 Å². The van der Waals surface area contributed by atoms with E-state index in [0.29, 0.717) is 24.2 Å². The highest BCUT2D eigenvalue weighted by Crippen LogP contribution is 2.34. The second-order valence-corrected chi connectivity index (χ2v) is 10.2. The SMILES string of the molecule is Cc1ccc(C(=O)Nc2ccc(CN3CCN(C)CC3)c(C(F)(F)F)c2)cc1C#Cc1cncc2c1ccn2C. The van der Waals surface area contributed by atoms with Gasteiger partial charge >= 0.3 is 6.18 Å². The van der Waals surface area contributed by atoms with Crippen LogP contribution in [0.2, 0.25) is 0 Å². The molecular weight excluding hydrogens is 515 g/mol. The van der Waals surface area contributed by atoms with Crippen molar-refractivity contribution in [2.75, 3.05) is 38.5 Å². The summed E-state index contributed by atoms with van der Waals surface area (Å²) in [6.07, 6.45) is 0.884. The Morgan fingerprint density at radius 1 is 0.975 bits per heavy atom. The third-order valence-corrected chi connectivity index (χ3v) is 7.31. The van der Waals surface area contributed by atoms with E-state index in [2.05, 4.69) is 27.0 Å². The van der Waals surface area contributed by atoms with Crippen LogP contribution in [-0.4, -0.2) is 58.5 Å². The number of aryl methyl sites for hydroxylation is 2. The lowest BCUT2D eigenvalue weighted by atomic mass is 10.0. The number of rotatable bonds is 4. The zero-order valence-corrected chi connectivity index (χ0v) is 22.6. The van der Waals surface area contributed by atoms with Gasteiger partial charge in [-0.2, -0.15) is 13.2 Å². The molecule has 1 aliphatic heterocycles. The molecule has 9 heteroatoms. The highest BCUT2D eigenvalue weighted by Gasteiger charge is 2.34. The minimum Gasteiger partial charge on any atom is -0.349 e. The Morgan fingerprint density at radius 3 is 2.48 bits per heavy atom. The van der Waals surface area contributed by atoms with Crippen LogP contribution < -0.4 is 5.32 Å². The summed E-state index contributed by atoms with van der Waals surface area (Å²) in [5.41, 5.74) is 3.13. The van der Waals surface area contributed by atoms with Gasteiger partial charge in [-0.15, -0.1) is 0 Å². The first kappa shape index (κ1) is 27.4. The summed E-state index contributed by atoms with van der Waals surface area (Å²) in [5.74, 6) is 5.78. The summed E-state index contributed by atoms with van der Waals surface area (Å²) in [7, 11) is 3.94. The van der Waals surface area contributed by atoms with Crippen LogP contribution in [0.3, 0.4) is 0 Å². The molecule has 3 heterocycles. The second-order valence-electron chi connectivity index (χ2n) is 10.2. The van der Waals surface area contributed by atoms with E-state index in [0.717, 1.165) is 41.2 Å². The van der Waals surface area contributed by atoms with E-state index in [4.69, 9.17) is 0 Å². The number of nitrogens with one attached hydrogen (secondary N) is 1. The van der Waals surface area contributed by atoms with Gasteiger partial charge in [0.25, 0.3) is 5.91 Å². The number of carbonyl (C=O) groups excluding carboxylic acids is 1. The van der Waals surface area contributed by atoms with Gasteiger partial charge in [-0.1, -0.05) is 24.0 Å². The Balaban J connectivity index is 1.36. The minimum atomic E-state index is -4.54. The number of hydrogen-bond acceptors (Lipinski definition) is 4. The number of piperazine rings is 1. The molecule has 0 aliphatic carbocycles. The largest absolute Gasteiger partial charge is 0.416 e. The van der Waals surface area contributed by atoms with E-state index in [9.17, 15) is 18.0 Å². The van der Waals surface area contributed by atoms with Crippen LogP contribution in [-0.2, 0) is 19.8 Å². The number of aromatic nitrogens is 2. The highest BCUT2D eigenvalue weighted by atomic mass is 19.4. The summed E-state index contributed by atoms with van der Waals surface area (Å²) < 4.78 is 43.9. The summed E-state index contributed by atoms with van der Waals surface area (Å²) in [6.45, 7) is 5.16. The maximum atomic E-state index is 14.0. The molecule has 40 heavy (non-hydrogen) atoms. The van der Waals surface area contributed by atoms with Crippen molar-refractivity contribution in [1.29, 1.82) is 0 Å². The lowest BCUT2D eigenvalue weighted by Gasteiger charge is -2.33. The Labute approximate surface area is 231 Å². The van der Waals surface area contributed by atoms with Gasteiger partial charge in [0.1, 0.15) is 0 Å². The molecule has 1 aliphatic rings. The Kier molecular flexibility index (Phi) is 7.66. The van der Waals surface area contributed by atoms with Crippen molar-refractivity contribution in [3.05, 3.63) is 94.4 Å². The summed E-state index contributed by atoms with van der Waals surface area (Å²) in [5, 5.41) is 3.61. The zero-order valence-electron chi connectivity index (χ0n) is 22.6. The number of halogens is 3. The fourth-order valence-electron chi connectivity index (χ4n) is 4.82. The highest BCUT2D eigenvalue weighted by molar-refractivity contribution is 6.04. The standard InChI is InChI=1S/C31H30F3N5O/c1-21-4-5-23(16-22(21)6-7-24-18-35-19-29-27(24)10-11-38(29)3)30(40)36-26-9-8-25(28(17-26)31(32,33)34)20-39-14-12-37(2)13-15-39/h4-5,8-11,16-19H,12-15,20H2,1-3H3,(H,36,40). The van der Waals surface area contributed by atoms with Crippen LogP contribution in [0.4, 0.5) is 18.9 Å². The number of anilines is 1. The van der Waals surface area contributed by atoms with Gasteiger partial charge in [0.2, 0.25) is 0 Å². The van der Waals surface area contributed by atoms with Gasteiger partial charge in [-0.05, 0) is 55.4 Å². The summed E-state index contributed by atoms with van der Waals surface area (Å²) in [6, 6.07) is 11.1. The number of pyridine rings is 1. The molecule has 206 valence electrons. The monoisotopic (exact) mass is 545 g/mol. The smallest absolute Gasteiger partial charge is 0.349 e. The van der Waals surface area contributed by atoms with Crippen LogP contribution in [0.1, 0.15) is 38.2 Å². The predicted octanol–water partition coefficient (Wildman–Crippen LogP) is 5.30. The zero-order chi connectivity index (χ0) is 28.4. The van der Waals surface area contributed by atoms with Crippen molar-refractivity contribution in [1.82, 2.24) is 19.4 Å². The van der Waals surface area contributed by atoms with Gasteiger partial charge < -0.3 is 14.8 Å². The van der Waals surface area contributed by atoms with E-state index < -0.39 is 17.6 Å². The molecule has 4 aromatic rings. The van der Waals surface area contributed by atoms with Crippen LogP contribution in [0.25, 0.3) is 10.9 Å². The fraction of sp³-hybridized carbons (Fsp3) is 0.290. The maximum Gasteiger partial charge on any atom is 0.416 e. The lowest BCUT2D eigenvalue weighted by Crippen LogP contribution is -2.44. The molecule has 0 radical (unpaired) electrons. The van der Waals surface area contributed by atoms with Crippen molar-refractivity contribution in [2.45, 2.75) is 19.6 Å². The topological polar surface area (TPSA) is 53.4 Å². The molecule has 1 amide bonds. The molecule has 6 nitrogen and oxygen atoms in total. The number of carbonyl (C=O) groups is 1. The molecule has 0 spiro atoms. The molecule has 0 unspecified atom stereocenters. The quantitative estimate of drug-likeness (QED) is 0.354. The number of fused-ring (bicyclic) bond motifs is 1. The molecule has 1 saturated heterocycles. The van der Waals surface area contributed by atoms with E-state index in [-0.39, 0.29) is 17.8 Å². The lowest BCUT2D eigenvalue weighted by molar-refractivity contribution is -0.138. The van der Waals surface area contributed by atoms with Crippen LogP contribution in [0.5, 0.6) is 0 Å². The van der Waals surface area contributed by atoms with Crippen molar-refractivity contribution in [2.24, 2.45) is 7.05 Å². The second kappa shape index (κ2) is 11.2. The fourth-order valence-corrected chi connectivity index (χ4v) is 4.82. The number of benzene rings is 2. The summed E-state index contributed by atoms with van der Waals surface area (Å²) >= 11 is 0. The molecule has 0 saturated carbocycles. The van der Waals surface area contributed by atoms with Crippen LogP contribution in [0, 0.1) is 18.8 Å². The van der Waals surface area contributed by atoms with E-state index in [1.54, 1.807) is 30.6 Å². The van der Waals surface area contributed by atoms with Crippen molar-refractivity contribution in [3.63, 3.8) is 0 Å². The first-order valence-electron chi connectivity index (χ1n) is 13.0. The average Bonchev–Trinajstić information content (AvgIpc) is 3.31. The minimum absolute atomic E-state index is 0.0921. The first-order valence-corrected chi connectivity index (χ1v) is 13.0. The molecule has 0 atom stereocenters. The van der Waals surface area contributed by atoms with Crippen LogP contribution in [0.15, 0.2) is 61.1 Å². The molecule has 1 N–H and O–H groups in total. The van der Waals surface area contributed by atoms with Crippen LogP contribution >= 0.6 is 0 Å². The van der Waals surface area contributed by atoms with Gasteiger partial charge in [0, 0.05) is 74.4 Å². The van der Waals surface area contributed by atoms with Gasteiger partial charge in [-0.3, -0.25) is 14.7 Å². The molecule has 5 rings (SSSR count). The first-order chi connectivity index (χ1) is 19.1. The molecule has 2 aromatic carbocycles. The van der Waals surface area contributed by atoms with Crippen molar-refractivity contribution < 1.29 is 18.0 Å². The van der Waals surface area contributed by atoms with E-state index >= 15 is 0 Å². The van der Waals surface area contributed by atoms with Gasteiger partial charge in [-0.25, -0.2) is 0 Å². The van der Waals surface area contributed by atoms with Gasteiger partial charge in [0.05, 0.1) is 22.8 Å². The van der Waals surface area contributed by atoms with Crippen molar-refractivity contribution >= 4 is 22.5 Å². The number of hydrogen-bond donors (Lipinski definition) is 1. The molecular formula is C31H30F3N5O.